The van der Waals surface area contributed by atoms with E-state index in [9.17, 15) is 0 Å². The van der Waals surface area contributed by atoms with Crippen LogP contribution in [0.25, 0.3) is 0 Å². The SMILES string of the molecule is CCCCCCCOC(CO)C(C)N. The molecule has 0 aliphatic heterocycles. The standard InChI is InChI=1S/C11H25NO2/c1-3-4-5-6-7-8-14-11(9-13)10(2)12/h10-11,13H,3-9,12H2,1-2H3. The Kier molecular flexibility index (Phi) is 9.35. The molecule has 0 radical (unpaired) electrons. The van der Waals surface area contributed by atoms with Gasteiger partial charge in [0.1, 0.15) is 0 Å². The Morgan fingerprint density at radius 3 is 2.36 bits per heavy atom. The lowest BCUT2D eigenvalue weighted by Crippen LogP contribution is -2.37. The molecule has 0 spiro atoms. The number of unbranched alkanes of at least 4 members (excludes halogenated alkanes) is 4. The van der Waals surface area contributed by atoms with Crippen molar-refractivity contribution in [3.8, 4) is 0 Å². The molecule has 0 heterocycles. The van der Waals surface area contributed by atoms with E-state index < -0.39 is 0 Å². The molecule has 0 fully saturated rings. The quantitative estimate of drug-likeness (QED) is 0.561. The fourth-order valence-corrected chi connectivity index (χ4v) is 1.31. The number of rotatable bonds is 9. The van der Waals surface area contributed by atoms with Crippen LogP contribution in [0.15, 0.2) is 0 Å². The van der Waals surface area contributed by atoms with Crippen molar-refractivity contribution in [3.63, 3.8) is 0 Å². The number of nitrogens with two attached hydrogens (primary N) is 1. The summed E-state index contributed by atoms with van der Waals surface area (Å²) in [5.41, 5.74) is 5.62. The van der Waals surface area contributed by atoms with Gasteiger partial charge in [0.2, 0.25) is 0 Å². The minimum Gasteiger partial charge on any atom is -0.394 e. The van der Waals surface area contributed by atoms with Gasteiger partial charge in [-0.05, 0) is 13.3 Å². The monoisotopic (exact) mass is 203 g/mol. The highest BCUT2D eigenvalue weighted by Crippen LogP contribution is 2.04. The van der Waals surface area contributed by atoms with E-state index in [1.165, 1.54) is 25.7 Å². The van der Waals surface area contributed by atoms with Crippen LogP contribution in [0.3, 0.4) is 0 Å². The summed E-state index contributed by atoms with van der Waals surface area (Å²) >= 11 is 0. The maximum Gasteiger partial charge on any atom is 0.0953 e. The van der Waals surface area contributed by atoms with Gasteiger partial charge in [-0.1, -0.05) is 32.6 Å². The average molecular weight is 203 g/mol. The summed E-state index contributed by atoms with van der Waals surface area (Å²) < 4.78 is 5.46. The first-order valence-electron chi connectivity index (χ1n) is 5.70. The van der Waals surface area contributed by atoms with E-state index in [4.69, 9.17) is 15.6 Å². The van der Waals surface area contributed by atoms with E-state index in [2.05, 4.69) is 6.92 Å². The molecule has 2 atom stereocenters. The smallest absolute Gasteiger partial charge is 0.0953 e. The van der Waals surface area contributed by atoms with Crippen molar-refractivity contribution in [3.05, 3.63) is 0 Å². The molecule has 0 saturated carbocycles. The fraction of sp³-hybridized carbons (Fsp3) is 1.00. The summed E-state index contributed by atoms with van der Waals surface area (Å²) in [7, 11) is 0. The van der Waals surface area contributed by atoms with Gasteiger partial charge in [-0.3, -0.25) is 0 Å². The third-order valence-electron chi connectivity index (χ3n) is 2.35. The van der Waals surface area contributed by atoms with E-state index in [0.717, 1.165) is 13.0 Å². The minimum absolute atomic E-state index is 0.0205. The molecule has 0 rings (SSSR count). The molecule has 0 aromatic heterocycles. The molecule has 2 unspecified atom stereocenters. The Morgan fingerprint density at radius 1 is 1.21 bits per heavy atom. The molecular weight excluding hydrogens is 178 g/mol. The van der Waals surface area contributed by atoms with Gasteiger partial charge in [-0.25, -0.2) is 0 Å². The molecule has 14 heavy (non-hydrogen) atoms. The Balaban J connectivity index is 3.25. The van der Waals surface area contributed by atoms with E-state index in [1.807, 2.05) is 6.92 Å². The molecule has 86 valence electrons. The predicted molar refractivity (Wildman–Crippen MR) is 59.2 cm³/mol. The van der Waals surface area contributed by atoms with Crippen LogP contribution in [0.1, 0.15) is 46.0 Å². The topological polar surface area (TPSA) is 55.5 Å². The lowest BCUT2D eigenvalue weighted by molar-refractivity contribution is -0.000531. The number of hydrogen-bond acceptors (Lipinski definition) is 3. The van der Waals surface area contributed by atoms with E-state index in [0.29, 0.717) is 0 Å². The van der Waals surface area contributed by atoms with Crippen molar-refractivity contribution in [2.45, 2.75) is 58.1 Å². The van der Waals surface area contributed by atoms with Gasteiger partial charge in [0, 0.05) is 12.6 Å². The zero-order valence-electron chi connectivity index (χ0n) is 9.54. The molecule has 0 saturated heterocycles. The van der Waals surface area contributed by atoms with Crippen molar-refractivity contribution in [1.82, 2.24) is 0 Å². The molecule has 3 heteroatoms. The summed E-state index contributed by atoms with van der Waals surface area (Å²) in [6, 6.07) is -0.0874. The molecule has 3 N–H and O–H groups in total. The van der Waals surface area contributed by atoms with Crippen molar-refractivity contribution >= 4 is 0 Å². The third-order valence-corrected chi connectivity index (χ3v) is 2.35. The van der Waals surface area contributed by atoms with Crippen molar-refractivity contribution in [2.75, 3.05) is 13.2 Å². The highest BCUT2D eigenvalue weighted by molar-refractivity contribution is 4.66. The molecule has 0 aromatic carbocycles. The lowest BCUT2D eigenvalue weighted by atomic mass is 10.1. The number of ether oxygens (including phenoxy) is 1. The van der Waals surface area contributed by atoms with Gasteiger partial charge in [0.25, 0.3) is 0 Å². The molecular formula is C11H25NO2. The Bertz CT molecular complexity index is 118. The largest absolute Gasteiger partial charge is 0.394 e. The Labute approximate surface area is 87.6 Å². The van der Waals surface area contributed by atoms with Gasteiger partial charge < -0.3 is 15.6 Å². The van der Waals surface area contributed by atoms with Gasteiger partial charge in [-0.15, -0.1) is 0 Å². The van der Waals surface area contributed by atoms with Gasteiger partial charge in [0.15, 0.2) is 0 Å². The second-order valence-electron chi connectivity index (χ2n) is 3.87. The molecule has 0 aliphatic rings. The van der Waals surface area contributed by atoms with E-state index in [1.54, 1.807) is 0 Å². The van der Waals surface area contributed by atoms with Crippen LogP contribution < -0.4 is 5.73 Å². The highest BCUT2D eigenvalue weighted by Gasteiger charge is 2.11. The molecule has 3 nitrogen and oxygen atoms in total. The Morgan fingerprint density at radius 2 is 1.86 bits per heavy atom. The van der Waals surface area contributed by atoms with E-state index >= 15 is 0 Å². The Hall–Kier alpha value is -0.120. The van der Waals surface area contributed by atoms with Crippen LogP contribution >= 0.6 is 0 Å². The van der Waals surface area contributed by atoms with Gasteiger partial charge in [0.05, 0.1) is 12.7 Å². The summed E-state index contributed by atoms with van der Waals surface area (Å²) in [6.45, 7) is 4.80. The summed E-state index contributed by atoms with van der Waals surface area (Å²) in [4.78, 5) is 0. The molecule has 0 bridgehead atoms. The number of aliphatic hydroxyl groups is 1. The first-order chi connectivity index (χ1) is 6.72. The van der Waals surface area contributed by atoms with Crippen LogP contribution in [0.2, 0.25) is 0 Å². The molecule has 0 amide bonds. The lowest BCUT2D eigenvalue weighted by Gasteiger charge is -2.18. The fourth-order valence-electron chi connectivity index (χ4n) is 1.31. The molecule has 0 aromatic rings. The van der Waals surface area contributed by atoms with E-state index in [-0.39, 0.29) is 18.8 Å². The zero-order valence-corrected chi connectivity index (χ0v) is 9.54. The van der Waals surface area contributed by atoms with Crippen LogP contribution in [0.4, 0.5) is 0 Å². The molecule has 0 aliphatic carbocycles. The summed E-state index contributed by atoms with van der Waals surface area (Å²) in [5, 5.41) is 8.93. The maximum atomic E-state index is 8.93. The minimum atomic E-state index is -0.193. The third kappa shape index (κ3) is 7.30. The second kappa shape index (κ2) is 9.44. The van der Waals surface area contributed by atoms with Gasteiger partial charge in [-0.2, -0.15) is 0 Å². The van der Waals surface area contributed by atoms with Crippen LogP contribution in [0, 0.1) is 0 Å². The number of hydrogen-bond donors (Lipinski definition) is 2. The zero-order chi connectivity index (χ0) is 10.8. The predicted octanol–water partition coefficient (Wildman–Crippen LogP) is 1.68. The summed E-state index contributed by atoms with van der Waals surface area (Å²) in [6.07, 6.45) is 5.94. The van der Waals surface area contributed by atoms with Crippen LogP contribution in [0.5, 0.6) is 0 Å². The maximum absolute atomic E-state index is 8.93. The first-order valence-corrected chi connectivity index (χ1v) is 5.70. The van der Waals surface area contributed by atoms with Crippen molar-refractivity contribution < 1.29 is 9.84 Å². The average Bonchev–Trinajstić information content (AvgIpc) is 2.16. The second-order valence-corrected chi connectivity index (χ2v) is 3.87. The van der Waals surface area contributed by atoms with Crippen LogP contribution in [-0.2, 0) is 4.74 Å². The first kappa shape index (κ1) is 13.9. The van der Waals surface area contributed by atoms with Crippen LogP contribution in [-0.4, -0.2) is 30.5 Å². The number of aliphatic hydroxyl groups excluding tert-OH is 1. The summed E-state index contributed by atoms with van der Waals surface area (Å²) in [5.74, 6) is 0. The van der Waals surface area contributed by atoms with Crippen molar-refractivity contribution in [2.24, 2.45) is 5.73 Å². The van der Waals surface area contributed by atoms with Crippen molar-refractivity contribution in [1.29, 1.82) is 0 Å². The normalized spacial score (nSPS) is 15.4. The highest BCUT2D eigenvalue weighted by atomic mass is 16.5. The van der Waals surface area contributed by atoms with Gasteiger partial charge >= 0.3 is 0 Å².